The molecule has 0 spiro atoms. The van der Waals surface area contributed by atoms with Gasteiger partial charge < -0.3 is 16.0 Å². The van der Waals surface area contributed by atoms with Crippen LogP contribution in [0.25, 0.3) is 0 Å². The van der Waals surface area contributed by atoms with Gasteiger partial charge >= 0.3 is 0 Å². The number of nitrogens with zero attached hydrogens (tertiary/aromatic N) is 1. The van der Waals surface area contributed by atoms with Crippen molar-refractivity contribution in [1.82, 2.24) is 4.98 Å². The van der Waals surface area contributed by atoms with Gasteiger partial charge in [0.1, 0.15) is 5.82 Å². The van der Waals surface area contributed by atoms with Crippen LogP contribution >= 0.6 is 0 Å². The summed E-state index contributed by atoms with van der Waals surface area (Å²) >= 11 is 0. The van der Waals surface area contributed by atoms with Crippen LogP contribution in [0.2, 0.25) is 0 Å². The normalized spacial score (nSPS) is 10.1. The first-order valence-corrected chi connectivity index (χ1v) is 8.53. The lowest BCUT2D eigenvalue weighted by atomic mass is 10.1. The van der Waals surface area contributed by atoms with Crippen molar-refractivity contribution in [1.29, 1.82) is 0 Å². The van der Waals surface area contributed by atoms with Crippen molar-refractivity contribution in [2.75, 3.05) is 16.0 Å². The van der Waals surface area contributed by atoms with Gasteiger partial charge in [0.25, 0.3) is 0 Å². The van der Waals surface area contributed by atoms with Crippen LogP contribution in [0.15, 0.2) is 72.9 Å². The van der Waals surface area contributed by atoms with Crippen molar-refractivity contribution in [3.05, 3.63) is 78.5 Å². The lowest BCUT2D eigenvalue weighted by Crippen LogP contribution is -2.14. The summed E-state index contributed by atoms with van der Waals surface area (Å²) in [5, 5.41) is 8.72. The quantitative estimate of drug-likeness (QED) is 0.621. The second-order valence-corrected chi connectivity index (χ2v) is 6.03. The van der Waals surface area contributed by atoms with Crippen molar-refractivity contribution >= 4 is 34.7 Å². The maximum Gasteiger partial charge on any atom is 0.228 e. The fraction of sp³-hybridized carbons (Fsp3) is 0.0952. The lowest BCUT2D eigenvalue weighted by molar-refractivity contribution is -0.116. The van der Waals surface area contributed by atoms with E-state index in [-0.39, 0.29) is 11.8 Å². The summed E-state index contributed by atoms with van der Waals surface area (Å²) in [5.41, 5.74) is 3.18. The minimum atomic E-state index is -0.109. The second-order valence-electron chi connectivity index (χ2n) is 6.03. The number of nitrogens with one attached hydrogen (secondary N) is 3. The molecule has 0 radical (unpaired) electrons. The van der Waals surface area contributed by atoms with Crippen molar-refractivity contribution in [2.24, 2.45) is 0 Å². The van der Waals surface area contributed by atoms with E-state index in [9.17, 15) is 9.59 Å². The van der Waals surface area contributed by atoms with Crippen LogP contribution in [0.1, 0.15) is 12.5 Å². The molecule has 0 atom stereocenters. The average molecular weight is 360 g/mol. The summed E-state index contributed by atoms with van der Waals surface area (Å²) < 4.78 is 0. The molecule has 3 rings (SSSR count). The summed E-state index contributed by atoms with van der Waals surface area (Å²) in [5.74, 6) is 0.461. The summed E-state index contributed by atoms with van der Waals surface area (Å²) in [6.45, 7) is 1.47. The number of carbonyl (C=O) groups is 2. The zero-order chi connectivity index (χ0) is 19.1. The van der Waals surface area contributed by atoms with E-state index in [1.165, 1.54) is 6.92 Å². The Morgan fingerprint density at radius 2 is 1.48 bits per heavy atom. The molecular weight excluding hydrogens is 340 g/mol. The van der Waals surface area contributed by atoms with E-state index in [0.717, 1.165) is 16.9 Å². The van der Waals surface area contributed by atoms with E-state index in [1.54, 1.807) is 18.3 Å². The number of hydrogen-bond donors (Lipinski definition) is 3. The lowest BCUT2D eigenvalue weighted by Gasteiger charge is -2.09. The van der Waals surface area contributed by atoms with E-state index >= 15 is 0 Å². The van der Waals surface area contributed by atoms with Crippen LogP contribution in [0.3, 0.4) is 0 Å². The van der Waals surface area contributed by atoms with Gasteiger partial charge in [-0.05, 0) is 42.0 Å². The highest BCUT2D eigenvalue weighted by molar-refractivity contribution is 5.92. The minimum Gasteiger partial charge on any atom is -0.340 e. The van der Waals surface area contributed by atoms with Crippen LogP contribution in [0.5, 0.6) is 0 Å². The molecule has 6 nitrogen and oxygen atoms in total. The molecule has 0 fully saturated rings. The van der Waals surface area contributed by atoms with Gasteiger partial charge in [0, 0.05) is 18.3 Å². The SMILES string of the molecule is CC(=O)Nc1ccc(Nc2ccc(NC(=O)Cc3ccccc3)cn2)cc1. The highest BCUT2D eigenvalue weighted by atomic mass is 16.2. The molecule has 1 aromatic heterocycles. The highest BCUT2D eigenvalue weighted by Gasteiger charge is 2.05. The molecule has 136 valence electrons. The highest BCUT2D eigenvalue weighted by Crippen LogP contribution is 2.18. The van der Waals surface area contributed by atoms with Gasteiger partial charge in [-0.2, -0.15) is 0 Å². The standard InChI is InChI=1S/C21H20N4O2/c1-15(26)23-17-7-9-18(10-8-17)24-20-12-11-19(14-22-20)25-21(27)13-16-5-3-2-4-6-16/h2-12,14H,13H2,1H3,(H,22,24)(H,23,26)(H,25,27). The van der Waals surface area contributed by atoms with Crippen LogP contribution in [0, 0.1) is 0 Å². The molecule has 0 bridgehead atoms. The molecule has 0 unspecified atom stereocenters. The van der Waals surface area contributed by atoms with Crippen LogP contribution < -0.4 is 16.0 Å². The molecule has 0 saturated carbocycles. The molecule has 6 heteroatoms. The Hall–Kier alpha value is -3.67. The molecular formula is C21H20N4O2. The number of hydrogen-bond acceptors (Lipinski definition) is 4. The van der Waals surface area contributed by atoms with Gasteiger partial charge in [-0.1, -0.05) is 30.3 Å². The topological polar surface area (TPSA) is 83.1 Å². The van der Waals surface area contributed by atoms with Gasteiger partial charge in [-0.3, -0.25) is 9.59 Å². The number of anilines is 4. The first-order valence-electron chi connectivity index (χ1n) is 8.53. The van der Waals surface area contributed by atoms with Crippen molar-refractivity contribution in [3.8, 4) is 0 Å². The molecule has 3 aromatic rings. The smallest absolute Gasteiger partial charge is 0.228 e. The number of carbonyl (C=O) groups excluding carboxylic acids is 2. The first-order chi connectivity index (χ1) is 13.1. The second kappa shape index (κ2) is 8.62. The van der Waals surface area contributed by atoms with E-state index in [1.807, 2.05) is 54.6 Å². The number of aromatic nitrogens is 1. The van der Waals surface area contributed by atoms with Crippen molar-refractivity contribution < 1.29 is 9.59 Å². The molecule has 27 heavy (non-hydrogen) atoms. The van der Waals surface area contributed by atoms with Crippen LogP contribution in [-0.4, -0.2) is 16.8 Å². The number of benzene rings is 2. The van der Waals surface area contributed by atoms with E-state index < -0.39 is 0 Å². The average Bonchev–Trinajstić information content (AvgIpc) is 2.65. The molecule has 1 heterocycles. The molecule has 0 saturated heterocycles. The fourth-order valence-corrected chi connectivity index (χ4v) is 2.52. The van der Waals surface area contributed by atoms with Crippen LogP contribution in [0.4, 0.5) is 22.9 Å². The number of pyridine rings is 1. The molecule has 2 amide bonds. The number of rotatable bonds is 6. The summed E-state index contributed by atoms with van der Waals surface area (Å²) in [7, 11) is 0. The predicted octanol–water partition coefficient (Wildman–Crippen LogP) is 3.96. The number of amides is 2. The van der Waals surface area contributed by atoms with E-state index in [4.69, 9.17) is 0 Å². The zero-order valence-corrected chi connectivity index (χ0v) is 14.9. The Morgan fingerprint density at radius 1 is 0.815 bits per heavy atom. The van der Waals surface area contributed by atoms with E-state index in [2.05, 4.69) is 20.9 Å². The van der Waals surface area contributed by atoms with Gasteiger partial charge in [-0.15, -0.1) is 0 Å². The van der Waals surface area contributed by atoms with Gasteiger partial charge in [0.15, 0.2) is 0 Å². The van der Waals surface area contributed by atoms with E-state index in [0.29, 0.717) is 17.9 Å². The van der Waals surface area contributed by atoms with Crippen molar-refractivity contribution in [2.45, 2.75) is 13.3 Å². The zero-order valence-electron chi connectivity index (χ0n) is 14.9. The largest absolute Gasteiger partial charge is 0.340 e. The monoisotopic (exact) mass is 360 g/mol. The van der Waals surface area contributed by atoms with Crippen molar-refractivity contribution in [3.63, 3.8) is 0 Å². The summed E-state index contributed by atoms with van der Waals surface area (Å²) in [4.78, 5) is 27.4. The maximum absolute atomic E-state index is 12.1. The summed E-state index contributed by atoms with van der Waals surface area (Å²) in [6.07, 6.45) is 1.93. The maximum atomic E-state index is 12.1. The Bertz CT molecular complexity index is 907. The predicted molar refractivity (Wildman–Crippen MR) is 107 cm³/mol. The third-order valence-electron chi connectivity index (χ3n) is 3.73. The van der Waals surface area contributed by atoms with Gasteiger partial charge in [-0.25, -0.2) is 4.98 Å². The Labute approximate surface area is 157 Å². The molecule has 0 aliphatic heterocycles. The first kappa shape index (κ1) is 18.1. The molecule has 2 aromatic carbocycles. The molecule has 0 aliphatic rings. The third kappa shape index (κ3) is 5.67. The van der Waals surface area contributed by atoms with Crippen LogP contribution in [-0.2, 0) is 16.0 Å². The van der Waals surface area contributed by atoms with Gasteiger partial charge in [0.05, 0.1) is 18.3 Å². The fourth-order valence-electron chi connectivity index (χ4n) is 2.52. The Balaban J connectivity index is 1.55. The Morgan fingerprint density at radius 3 is 2.11 bits per heavy atom. The summed E-state index contributed by atoms with van der Waals surface area (Å²) in [6, 6.07) is 20.5. The third-order valence-corrected chi connectivity index (χ3v) is 3.73. The molecule has 3 N–H and O–H groups in total. The molecule has 0 aliphatic carbocycles. The van der Waals surface area contributed by atoms with Gasteiger partial charge in [0.2, 0.25) is 11.8 Å². The Kier molecular flexibility index (Phi) is 5.79. The minimum absolute atomic E-state index is 0.0859.